The van der Waals surface area contributed by atoms with E-state index in [-0.39, 0.29) is 0 Å². The molecule has 0 saturated heterocycles. The lowest BCUT2D eigenvalue weighted by Crippen LogP contribution is -2.35. The van der Waals surface area contributed by atoms with E-state index in [1.54, 1.807) is 0 Å². The van der Waals surface area contributed by atoms with Crippen LogP contribution in [0.1, 0.15) is 53.4 Å². The summed E-state index contributed by atoms with van der Waals surface area (Å²) in [6, 6.07) is 0.329. The minimum absolute atomic E-state index is 0.329. The van der Waals surface area contributed by atoms with Crippen LogP contribution >= 0.6 is 0 Å². The van der Waals surface area contributed by atoms with Crippen molar-refractivity contribution in [2.75, 3.05) is 13.1 Å². The van der Waals surface area contributed by atoms with Crippen molar-refractivity contribution in [1.82, 2.24) is 5.32 Å². The maximum atomic E-state index is 5.98. The van der Waals surface area contributed by atoms with E-state index in [1.807, 2.05) is 0 Å². The minimum Gasteiger partial charge on any atom is -0.327 e. The van der Waals surface area contributed by atoms with Crippen LogP contribution in [0.2, 0.25) is 0 Å². The molecule has 0 heterocycles. The fourth-order valence-corrected chi connectivity index (χ4v) is 1.78. The number of hydrogen-bond acceptors (Lipinski definition) is 2. The molecule has 0 fully saturated rings. The van der Waals surface area contributed by atoms with Crippen LogP contribution in [0, 0.1) is 11.8 Å². The largest absolute Gasteiger partial charge is 0.327 e. The molecule has 1 atom stereocenters. The van der Waals surface area contributed by atoms with Gasteiger partial charge in [-0.3, -0.25) is 0 Å². The van der Waals surface area contributed by atoms with Crippen LogP contribution in [0.25, 0.3) is 0 Å². The zero-order valence-electron chi connectivity index (χ0n) is 11.1. The van der Waals surface area contributed by atoms with Gasteiger partial charge >= 0.3 is 0 Å². The summed E-state index contributed by atoms with van der Waals surface area (Å²) in [5.74, 6) is 1.55. The molecule has 0 aliphatic rings. The summed E-state index contributed by atoms with van der Waals surface area (Å²) in [6.07, 6.45) is 5.09. The van der Waals surface area contributed by atoms with Gasteiger partial charge in [0, 0.05) is 12.6 Å². The fraction of sp³-hybridized carbons (Fsp3) is 1.00. The molecular weight excluding hydrogens is 184 g/mol. The summed E-state index contributed by atoms with van der Waals surface area (Å²) in [7, 11) is 0. The molecule has 15 heavy (non-hydrogen) atoms. The first-order chi connectivity index (χ1) is 7.02. The third-order valence-corrected chi connectivity index (χ3v) is 2.57. The lowest BCUT2D eigenvalue weighted by Gasteiger charge is -2.14. The molecule has 0 spiro atoms. The van der Waals surface area contributed by atoms with Gasteiger partial charge in [0.2, 0.25) is 0 Å². The van der Waals surface area contributed by atoms with Gasteiger partial charge < -0.3 is 11.1 Å². The van der Waals surface area contributed by atoms with E-state index in [2.05, 4.69) is 33.0 Å². The van der Waals surface area contributed by atoms with Gasteiger partial charge in [0.05, 0.1) is 0 Å². The van der Waals surface area contributed by atoms with Crippen molar-refractivity contribution >= 4 is 0 Å². The lowest BCUT2D eigenvalue weighted by atomic mass is 10.0. The number of nitrogens with two attached hydrogens (primary N) is 1. The molecule has 0 aromatic heterocycles. The number of hydrogen-bond donors (Lipinski definition) is 2. The second-order valence-corrected chi connectivity index (χ2v) is 5.48. The fourth-order valence-electron chi connectivity index (χ4n) is 1.78. The highest BCUT2D eigenvalue weighted by atomic mass is 14.9. The molecule has 1 unspecified atom stereocenters. The first-order valence-electron chi connectivity index (χ1n) is 6.48. The Morgan fingerprint density at radius 3 is 2.20 bits per heavy atom. The van der Waals surface area contributed by atoms with Crippen LogP contribution in [0.4, 0.5) is 0 Å². The first kappa shape index (κ1) is 14.9. The Hall–Kier alpha value is -0.0800. The average molecular weight is 214 g/mol. The maximum Gasteiger partial charge on any atom is 0.0167 e. The predicted molar refractivity (Wildman–Crippen MR) is 69.0 cm³/mol. The molecule has 3 N–H and O–H groups in total. The van der Waals surface area contributed by atoms with Crippen molar-refractivity contribution < 1.29 is 0 Å². The normalized spacial score (nSPS) is 13.8. The van der Waals surface area contributed by atoms with Gasteiger partial charge in [-0.1, -0.05) is 40.5 Å². The van der Waals surface area contributed by atoms with Gasteiger partial charge in [0.15, 0.2) is 0 Å². The van der Waals surface area contributed by atoms with E-state index < -0.39 is 0 Å². The maximum absolute atomic E-state index is 5.98. The molecule has 0 radical (unpaired) electrons. The second kappa shape index (κ2) is 9.17. The van der Waals surface area contributed by atoms with E-state index in [0.717, 1.165) is 25.4 Å². The van der Waals surface area contributed by atoms with Gasteiger partial charge in [0.25, 0.3) is 0 Å². The van der Waals surface area contributed by atoms with Gasteiger partial charge in [0.1, 0.15) is 0 Å². The van der Waals surface area contributed by atoms with Gasteiger partial charge in [-0.2, -0.15) is 0 Å². The Labute approximate surface area is 96.0 Å². The number of unbranched alkanes of at least 4 members (excludes halogenated alkanes) is 1. The zero-order valence-corrected chi connectivity index (χ0v) is 11.1. The zero-order chi connectivity index (χ0) is 11.7. The first-order valence-corrected chi connectivity index (χ1v) is 6.48. The average Bonchev–Trinajstić information content (AvgIpc) is 2.09. The monoisotopic (exact) mass is 214 g/mol. The van der Waals surface area contributed by atoms with Crippen LogP contribution in [0.15, 0.2) is 0 Å². The number of nitrogens with one attached hydrogen (secondary N) is 1. The highest BCUT2D eigenvalue weighted by Crippen LogP contribution is 2.05. The molecular formula is C13H30N2. The summed E-state index contributed by atoms with van der Waals surface area (Å²) < 4.78 is 0. The molecule has 2 heteroatoms. The minimum atomic E-state index is 0.329. The summed E-state index contributed by atoms with van der Waals surface area (Å²) >= 11 is 0. The van der Waals surface area contributed by atoms with Crippen molar-refractivity contribution in [3.63, 3.8) is 0 Å². The Morgan fingerprint density at radius 1 is 1.00 bits per heavy atom. The molecule has 0 aliphatic carbocycles. The van der Waals surface area contributed by atoms with Crippen LogP contribution in [0.3, 0.4) is 0 Å². The quantitative estimate of drug-likeness (QED) is 0.579. The molecule has 0 aromatic carbocycles. The van der Waals surface area contributed by atoms with Crippen molar-refractivity contribution in [1.29, 1.82) is 0 Å². The van der Waals surface area contributed by atoms with E-state index >= 15 is 0 Å². The molecule has 0 bridgehead atoms. The van der Waals surface area contributed by atoms with E-state index in [0.29, 0.717) is 12.0 Å². The Balaban J connectivity index is 3.16. The standard InChI is InChI=1S/C13H30N2/c1-11(2)7-5-6-8-15-10-13(14)9-12(3)4/h11-13,15H,5-10,14H2,1-4H3. The number of rotatable bonds is 9. The van der Waals surface area contributed by atoms with Crippen molar-refractivity contribution in [2.24, 2.45) is 17.6 Å². The van der Waals surface area contributed by atoms with Gasteiger partial charge in [-0.15, -0.1) is 0 Å². The summed E-state index contributed by atoms with van der Waals surface area (Å²) in [6.45, 7) is 11.1. The molecule has 0 rings (SSSR count). The van der Waals surface area contributed by atoms with Crippen LogP contribution in [-0.2, 0) is 0 Å². The molecule has 2 nitrogen and oxygen atoms in total. The van der Waals surface area contributed by atoms with E-state index in [4.69, 9.17) is 5.73 Å². The smallest absolute Gasteiger partial charge is 0.0167 e. The lowest BCUT2D eigenvalue weighted by molar-refractivity contribution is 0.457. The molecule has 0 saturated carbocycles. The van der Waals surface area contributed by atoms with Gasteiger partial charge in [-0.05, 0) is 31.2 Å². The molecule has 0 amide bonds. The van der Waals surface area contributed by atoms with Crippen molar-refractivity contribution in [3.05, 3.63) is 0 Å². The Morgan fingerprint density at radius 2 is 1.67 bits per heavy atom. The molecule has 92 valence electrons. The van der Waals surface area contributed by atoms with Crippen LogP contribution < -0.4 is 11.1 Å². The van der Waals surface area contributed by atoms with Gasteiger partial charge in [-0.25, -0.2) is 0 Å². The summed E-state index contributed by atoms with van der Waals surface area (Å²) in [4.78, 5) is 0. The highest BCUT2D eigenvalue weighted by Gasteiger charge is 2.04. The highest BCUT2D eigenvalue weighted by molar-refractivity contribution is 4.66. The predicted octanol–water partition coefficient (Wildman–Crippen LogP) is 2.78. The van der Waals surface area contributed by atoms with Crippen LogP contribution in [-0.4, -0.2) is 19.1 Å². The summed E-state index contributed by atoms with van der Waals surface area (Å²) in [5, 5.41) is 3.44. The third-order valence-electron chi connectivity index (χ3n) is 2.57. The second-order valence-electron chi connectivity index (χ2n) is 5.48. The Bertz CT molecular complexity index is 132. The van der Waals surface area contributed by atoms with Crippen LogP contribution in [0.5, 0.6) is 0 Å². The van der Waals surface area contributed by atoms with E-state index in [1.165, 1.54) is 19.3 Å². The van der Waals surface area contributed by atoms with Crippen molar-refractivity contribution in [3.8, 4) is 0 Å². The topological polar surface area (TPSA) is 38.0 Å². The van der Waals surface area contributed by atoms with E-state index in [9.17, 15) is 0 Å². The SMILES string of the molecule is CC(C)CCCCNCC(N)CC(C)C. The third kappa shape index (κ3) is 11.8. The van der Waals surface area contributed by atoms with Crippen molar-refractivity contribution in [2.45, 2.75) is 59.4 Å². The molecule has 0 aliphatic heterocycles. The Kier molecular flexibility index (Phi) is 9.12. The molecule has 0 aromatic rings. The summed E-state index contributed by atoms with van der Waals surface area (Å²) in [5.41, 5.74) is 5.98.